The van der Waals surface area contributed by atoms with Gasteiger partial charge >= 0.3 is 59.1 Å². The number of carbonyl (C=O) groups excluding carboxylic acids is 2. The van der Waals surface area contributed by atoms with Gasteiger partial charge in [-0.15, -0.1) is 0 Å². The molecule has 0 aliphatic rings. The molecule has 0 atom stereocenters. The third-order valence-electron chi connectivity index (χ3n) is 1.51. The van der Waals surface area contributed by atoms with Crippen LogP contribution in [0.5, 0.6) is 0 Å². The summed E-state index contributed by atoms with van der Waals surface area (Å²) in [5.74, 6) is -2.85. The fourth-order valence-corrected chi connectivity index (χ4v) is 0.876. The number of carboxylic acids is 2. The van der Waals surface area contributed by atoms with Gasteiger partial charge in [-0.05, 0) is 11.6 Å². The summed E-state index contributed by atoms with van der Waals surface area (Å²) in [5, 5.41) is 20.7. The first kappa shape index (κ1) is 17.4. The first-order valence-corrected chi connectivity index (χ1v) is 3.34. The molecule has 0 aromatic heterocycles. The molecule has 0 bridgehead atoms. The van der Waals surface area contributed by atoms with E-state index in [1.807, 2.05) is 0 Å². The van der Waals surface area contributed by atoms with Gasteiger partial charge in [0.15, 0.2) is 0 Å². The molecule has 0 radical (unpaired) electrons. The molecule has 1 rings (SSSR count). The number of hydrogen-bond donors (Lipinski definition) is 1. The molecular formula is C8H5NNa2O4. The maximum Gasteiger partial charge on any atom is 1.00 e. The second-order valence-corrected chi connectivity index (χ2v) is 2.38. The zero-order valence-electron chi connectivity index (χ0n) is 8.44. The predicted octanol–water partition coefficient (Wildman–Crippen LogP) is -8.00. The van der Waals surface area contributed by atoms with Crippen LogP contribution in [0.25, 0.3) is 0 Å². The molecule has 0 heterocycles. The van der Waals surface area contributed by atoms with E-state index in [0.717, 1.165) is 18.2 Å². The van der Waals surface area contributed by atoms with E-state index in [0.29, 0.717) is 0 Å². The maximum atomic E-state index is 10.3. The second kappa shape index (κ2) is 7.27. The number of aromatic carboxylic acids is 2. The van der Waals surface area contributed by atoms with Crippen molar-refractivity contribution in [3.63, 3.8) is 0 Å². The van der Waals surface area contributed by atoms with Gasteiger partial charge in [-0.1, -0.05) is 12.1 Å². The van der Waals surface area contributed by atoms with E-state index in [1.54, 1.807) is 0 Å². The number of rotatable bonds is 2. The van der Waals surface area contributed by atoms with Crippen molar-refractivity contribution >= 4 is 17.6 Å². The number of anilines is 1. The molecule has 1 aromatic rings. The average molecular weight is 225 g/mol. The van der Waals surface area contributed by atoms with Crippen molar-refractivity contribution in [3.8, 4) is 0 Å². The summed E-state index contributed by atoms with van der Waals surface area (Å²) in [5.41, 5.74) is 4.70. The van der Waals surface area contributed by atoms with Crippen LogP contribution in [0.1, 0.15) is 20.7 Å². The minimum atomic E-state index is -1.44. The molecule has 0 aliphatic heterocycles. The van der Waals surface area contributed by atoms with Gasteiger partial charge in [0, 0.05) is 11.3 Å². The van der Waals surface area contributed by atoms with Crippen molar-refractivity contribution in [2.75, 3.05) is 5.73 Å². The molecule has 0 saturated heterocycles. The summed E-state index contributed by atoms with van der Waals surface area (Å²) in [6.45, 7) is 0. The molecule has 68 valence electrons. The number of carboxylic acid groups (broad SMARTS) is 2. The van der Waals surface area contributed by atoms with Crippen LogP contribution in [0, 0.1) is 0 Å². The van der Waals surface area contributed by atoms with Gasteiger partial charge in [0.1, 0.15) is 0 Å². The first-order valence-electron chi connectivity index (χ1n) is 3.34. The summed E-state index contributed by atoms with van der Waals surface area (Å²) in [4.78, 5) is 20.7. The van der Waals surface area contributed by atoms with Crippen LogP contribution in [0.3, 0.4) is 0 Å². The molecule has 2 N–H and O–H groups in total. The zero-order valence-corrected chi connectivity index (χ0v) is 12.4. The molecule has 0 aliphatic carbocycles. The topological polar surface area (TPSA) is 106 Å². The standard InChI is InChI=1S/C8H7NO4.2Na/c9-6-3-4(7(10)11)1-2-5(6)8(12)13;;/h1-3H,9H2,(H,10,11)(H,12,13);;/q;2*+1/p-2. The maximum absolute atomic E-state index is 10.3. The third kappa shape index (κ3) is 4.55. The fourth-order valence-electron chi connectivity index (χ4n) is 0.876. The van der Waals surface area contributed by atoms with Crippen molar-refractivity contribution in [2.24, 2.45) is 0 Å². The van der Waals surface area contributed by atoms with E-state index >= 15 is 0 Å². The van der Waals surface area contributed by atoms with Crippen LogP contribution in [0.15, 0.2) is 18.2 Å². The van der Waals surface area contributed by atoms with Crippen LogP contribution < -0.4 is 75.1 Å². The van der Waals surface area contributed by atoms with Crippen LogP contribution in [-0.2, 0) is 0 Å². The Hall–Kier alpha value is -0.0400. The molecule has 15 heavy (non-hydrogen) atoms. The Kier molecular flexibility index (Phi) is 8.41. The van der Waals surface area contributed by atoms with Gasteiger partial charge in [-0.2, -0.15) is 0 Å². The molecule has 0 unspecified atom stereocenters. The van der Waals surface area contributed by atoms with Gasteiger partial charge in [-0.3, -0.25) is 0 Å². The molecule has 0 amide bonds. The van der Waals surface area contributed by atoms with Gasteiger partial charge in [0.05, 0.1) is 11.9 Å². The summed E-state index contributed by atoms with van der Waals surface area (Å²) in [6, 6.07) is 3.17. The van der Waals surface area contributed by atoms with Crippen LogP contribution in [0.4, 0.5) is 5.69 Å². The number of hydrogen-bond acceptors (Lipinski definition) is 5. The number of benzene rings is 1. The van der Waals surface area contributed by atoms with Crippen LogP contribution in [-0.4, -0.2) is 11.9 Å². The number of carbonyl (C=O) groups is 2. The summed E-state index contributed by atoms with van der Waals surface area (Å²) in [6.07, 6.45) is 0. The van der Waals surface area contributed by atoms with Crippen molar-refractivity contribution < 1.29 is 78.9 Å². The second-order valence-electron chi connectivity index (χ2n) is 2.38. The molecule has 0 spiro atoms. The minimum Gasteiger partial charge on any atom is -0.545 e. The Bertz CT molecular complexity index is 381. The van der Waals surface area contributed by atoms with Crippen molar-refractivity contribution in [3.05, 3.63) is 29.3 Å². The predicted molar refractivity (Wildman–Crippen MR) is 39.5 cm³/mol. The van der Waals surface area contributed by atoms with Gasteiger partial charge in [0.2, 0.25) is 0 Å². The van der Waals surface area contributed by atoms with E-state index in [1.165, 1.54) is 0 Å². The fraction of sp³-hybridized carbons (Fsp3) is 0. The summed E-state index contributed by atoms with van der Waals surface area (Å²) < 4.78 is 0. The first-order chi connectivity index (χ1) is 6.02. The van der Waals surface area contributed by atoms with Crippen molar-refractivity contribution in [1.29, 1.82) is 0 Å². The summed E-state index contributed by atoms with van der Waals surface area (Å²) in [7, 11) is 0. The number of nitrogen functional groups attached to an aromatic ring is 1. The van der Waals surface area contributed by atoms with Gasteiger partial charge < -0.3 is 25.5 Å². The van der Waals surface area contributed by atoms with Crippen molar-refractivity contribution in [2.45, 2.75) is 0 Å². The van der Waals surface area contributed by atoms with Gasteiger partial charge in [-0.25, -0.2) is 0 Å². The molecule has 1 aromatic carbocycles. The van der Waals surface area contributed by atoms with E-state index < -0.39 is 11.9 Å². The third-order valence-corrected chi connectivity index (χ3v) is 1.51. The Morgan fingerprint density at radius 2 is 1.60 bits per heavy atom. The normalized spacial score (nSPS) is 8.27. The zero-order chi connectivity index (χ0) is 10.0. The van der Waals surface area contributed by atoms with Crippen molar-refractivity contribution in [1.82, 2.24) is 0 Å². The molecule has 5 nitrogen and oxygen atoms in total. The molecule has 0 saturated carbocycles. The Balaban J connectivity index is 0. The average Bonchev–Trinajstić information content (AvgIpc) is 2.03. The Labute approximate surface area is 130 Å². The van der Waals surface area contributed by atoms with E-state index in [4.69, 9.17) is 5.73 Å². The monoisotopic (exact) mass is 225 g/mol. The molecule has 7 heteroatoms. The molecule has 0 fully saturated rings. The van der Waals surface area contributed by atoms with E-state index in [2.05, 4.69) is 0 Å². The minimum absolute atomic E-state index is 0. The van der Waals surface area contributed by atoms with E-state index in [9.17, 15) is 19.8 Å². The van der Waals surface area contributed by atoms with Crippen LogP contribution in [0.2, 0.25) is 0 Å². The Morgan fingerprint density at radius 3 is 1.93 bits per heavy atom. The van der Waals surface area contributed by atoms with Gasteiger partial charge in [0.25, 0.3) is 0 Å². The van der Waals surface area contributed by atoms with E-state index in [-0.39, 0.29) is 75.9 Å². The smallest absolute Gasteiger partial charge is 0.545 e. The SMILES string of the molecule is Nc1cc(C(=O)[O-])ccc1C(=O)[O-].[Na+].[Na+]. The Morgan fingerprint density at radius 1 is 1.07 bits per heavy atom. The summed E-state index contributed by atoms with van der Waals surface area (Å²) >= 11 is 0. The largest absolute Gasteiger partial charge is 1.00 e. The van der Waals surface area contributed by atoms with Crippen LogP contribution >= 0.6 is 0 Å². The molecular weight excluding hydrogens is 220 g/mol. The quantitative estimate of drug-likeness (QED) is 0.397. The number of nitrogens with two attached hydrogens (primary N) is 1.